The minimum atomic E-state index is -0.319. The molecule has 6 heteroatoms. The average Bonchev–Trinajstić information content (AvgIpc) is 3.21. The molecule has 3 heterocycles. The van der Waals surface area contributed by atoms with Gasteiger partial charge in [0, 0.05) is 11.4 Å². The first-order chi connectivity index (χ1) is 13.6. The molecule has 0 saturated heterocycles. The van der Waals surface area contributed by atoms with Gasteiger partial charge in [-0.05, 0) is 42.0 Å². The molecule has 0 fully saturated rings. The first-order valence-corrected chi connectivity index (χ1v) is 9.40. The van der Waals surface area contributed by atoms with Gasteiger partial charge in [-0.15, -0.1) is 0 Å². The Labute approximate surface area is 166 Å². The summed E-state index contributed by atoms with van der Waals surface area (Å²) in [6, 6.07) is 12.8. The molecule has 2 aromatic carbocycles. The Bertz CT molecular complexity index is 1130. The molecular formula is C22H17ClO5. The summed E-state index contributed by atoms with van der Waals surface area (Å²) < 4.78 is 23.2. The highest BCUT2D eigenvalue weighted by Crippen LogP contribution is 2.42. The molecule has 2 aliphatic heterocycles. The topological polar surface area (TPSA) is 57.9 Å². The molecule has 0 radical (unpaired) electrons. The van der Waals surface area contributed by atoms with Gasteiger partial charge in [0.15, 0.2) is 5.76 Å². The number of fused-ring (bicyclic) bond motifs is 4. The predicted molar refractivity (Wildman–Crippen MR) is 105 cm³/mol. The number of hydrogen-bond acceptors (Lipinski definition) is 5. The van der Waals surface area contributed by atoms with Gasteiger partial charge in [-0.25, -0.2) is 0 Å². The lowest BCUT2D eigenvalue weighted by Crippen LogP contribution is -2.42. The molecule has 0 amide bonds. The molecule has 142 valence electrons. The Morgan fingerprint density at radius 1 is 1.14 bits per heavy atom. The first kappa shape index (κ1) is 17.2. The fourth-order valence-corrected chi connectivity index (χ4v) is 4.01. The van der Waals surface area contributed by atoms with Crippen molar-refractivity contribution in [2.75, 3.05) is 7.11 Å². The normalized spacial score (nSPS) is 22.3. The van der Waals surface area contributed by atoms with Gasteiger partial charge in [0.05, 0.1) is 24.7 Å². The number of methoxy groups -OCH3 is 1. The summed E-state index contributed by atoms with van der Waals surface area (Å²) >= 11 is 6.06. The van der Waals surface area contributed by atoms with Crippen molar-refractivity contribution in [3.8, 4) is 11.5 Å². The number of rotatable bonds is 3. The van der Waals surface area contributed by atoms with Gasteiger partial charge in [0.25, 0.3) is 0 Å². The van der Waals surface area contributed by atoms with Crippen molar-refractivity contribution in [3.05, 3.63) is 81.4 Å². The monoisotopic (exact) mass is 396 g/mol. The third-order valence-electron chi connectivity index (χ3n) is 5.25. The van der Waals surface area contributed by atoms with Gasteiger partial charge in [-0.2, -0.15) is 0 Å². The maximum atomic E-state index is 13.1. The molecule has 0 spiro atoms. The highest BCUT2D eigenvalue weighted by atomic mass is 35.5. The maximum absolute atomic E-state index is 13.1. The van der Waals surface area contributed by atoms with Crippen molar-refractivity contribution in [1.82, 2.24) is 0 Å². The summed E-state index contributed by atoms with van der Waals surface area (Å²) in [4.78, 5) is 13.1. The van der Waals surface area contributed by atoms with Gasteiger partial charge in [0.1, 0.15) is 23.5 Å². The average molecular weight is 397 g/mol. The SMILES string of the molecule is COc1ccc(C[C@H]2Oc3c(oc4ccc(Cl)cc4c3=O)[C@@H]3C=CO[C@H]23)cc1. The summed E-state index contributed by atoms with van der Waals surface area (Å²) in [5.41, 5.74) is 1.35. The van der Waals surface area contributed by atoms with E-state index in [1.165, 1.54) is 0 Å². The van der Waals surface area contributed by atoms with Gasteiger partial charge >= 0.3 is 0 Å². The Morgan fingerprint density at radius 3 is 2.75 bits per heavy atom. The molecule has 3 atom stereocenters. The van der Waals surface area contributed by atoms with E-state index in [0.29, 0.717) is 28.2 Å². The summed E-state index contributed by atoms with van der Waals surface area (Å²) in [7, 11) is 1.63. The highest BCUT2D eigenvalue weighted by molar-refractivity contribution is 6.31. The third-order valence-corrected chi connectivity index (χ3v) is 5.48. The summed E-state index contributed by atoms with van der Waals surface area (Å²) in [6.45, 7) is 0. The molecule has 0 bridgehead atoms. The second-order valence-electron chi connectivity index (χ2n) is 6.93. The molecule has 1 aromatic heterocycles. The zero-order valence-electron chi connectivity index (χ0n) is 15.1. The minimum absolute atomic E-state index is 0.167. The van der Waals surface area contributed by atoms with E-state index in [9.17, 15) is 4.79 Å². The van der Waals surface area contributed by atoms with E-state index in [1.807, 2.05) is 30.3 Å². The number of ether oxygens (including phenoxy) is 3. The lowest BCUT2D eigenvalue weighted by atomic mass is 9.89. The van der Waals surface area contributed by atoms with Crippen molar-refractivity contribution in [3.63, 3.8) is 0 Å². The van der Waals surface area contributed by atoms with Crippen LogP contribution in [0.2, 0.25) is 5.02 Å². The maximum Gasteiger partial charge on any atom is 0.234 e. The fourth-order valence-electron chi connectivity index (χ4n) is 3.84. The zero-order chi connectivity index (χ0) is 19.3. The van der Waals surface area contributed by atoms with Gasteiger partial charge < -0.3 is 18.6 Å². The number of halogens is 1. The van der Waals surface area contributed by atoms with Gasteiger partial charge in [-0.3, -0.25) is 4.79 Å². The van der Waals surface area contributed by atoms with E-state index in [4.69, 9.17) is 30.2 Å². The van der Waals surface area contributed by atoms with Crippen molar-refractivity contribution in [2.45, 2.75) is 24.5 Å². The Morgan fingerprint density at radius 2 is 1.96 bits per heavy atom. The Kier molecular flexibility index (Phi) is 4.05. The zero-order valence-corrected chi connectivity index (χ0v) is 15.8. The molecule has 0 aliphatic carbocycles. The summed E-state index contributed by atoms with van der Waals surface area (Å²) in [5.74, 6) is 1.37. The molecule has 0 saturated carbocycles. The first-order valence-electron chi connectivity index (χ1n) is 9.02. The van der Waals surface area contributed by atoms with Crippen LogP contribution in [-0.4, -0.2) is 19.3 Å². The molecule has 5 rings (SSSR count). The summed E-state index contributed by atoms with van der Waals surface area (Å²) in [6.07, 6.45) is 3.60. The van der Waals surface area contributed by atoms with Gasteiger partial charge in [-0.1, -0.05) is 23.7 Å². The highest BCUT2D eigenvalue weighted by Gasteiger charge is 2.44. The minimum Gasteiger partial charge on any atom is -0.497 e. The van der Waals surface area contributed by atoms with E-state index in [2.05, 4.69) is 0 Å². The third kappa shape index (κ3) is 2.74. The lowest BCUT2D eigenvalue weighted by Gasteiger charge is -2.33. The van der Waals surface area contributed by atoms with E-state index in [-0.39, 0.29) is 29.3 Å². The number of hydrogen-bond donors (Lipinski definition) is 0. The van der Waals surface area contributed by atoms with E-state index < -0.39 is 0 Å². The Balaban J connectivity index is 1.56. The molecule has 3 aromatic rings. The van der Waals surface area contributed by atoms with Crippen molar-refractivity contribution >= 4 is 22.6 Å². The Hall–Kier alpha value is -2.92. The predicted octanol–water partition coefficient (Wildman–Crippen LogP) is 4.45. The second kappa shape index (κ2) is 6.60. The quantitative estimate of drug-likeness (QED) is 0.654. The largest absolute Gasteiger partial charge is 0.497 e. The van der Waals surface area contributed by atoms with Crippen molar-refractivity contribution < 1.29 is 18.6 Å². The molecule has 0 unspecified atom stereocenters. The second-order valence-corrected chi connectivity index (χ2v) is 7.36. The molecular weight excluding hydrogens is 380 g/mol. The summed E-state index contributed by atoms with van der Waals surface area (Å²) in [5, 5.41) is 0.892. The fraction of sp³-hybridized carbons (Fsp3) is 0.227. The van der Waals surface area contributed by atoms with Gasteiger partial charge in [0.2, 0.25) is 11.2 Å². The van der Waals surface area contributed by atoms with Crippen molar-refractivity contribution in [1.29, 1.82) is 0 Å². The van der Waals surface area contributed by atoms with E-state index in [1.54, 1.807) is 31.6 Å². The van der Waals surface area contributed by atoms with Crippen LogP contribution in [0.1, 0.15) is 17.2 Å². The molecule has 0 N–H and O–H groups in total. The van der Waals surface area contributed by atoms with Crippen LogP contribution in [0.3, 0.4) is 0 Å². The molecule has 28 heavy (non-hydrogen) atoms. The van der Waals surface area contributed by atoms with Crippen LogP contribution in [0, 0.1) is 0 Å². The number of benzene rings is 2. The smallest absolute Gasteiger partial charge is 0.234 e. The van der Waals surface area contributed by atoms with Crippen LogP contribution in [-0.2, 0) is 11.2 Å². The van der Waals surface area contributed by atoms with Crippen LogP contribution in [0.4, 0.5) is 0 Å². The van der Waals surface area contributed by atoms with E-state index in [0.717, 1.165) is 11.3 Å². The van der Waals surface area contributed by atoms with Crippen LogP contribution in [0.5, 0.6) is 11.5 Å². The van der Waals surface area contributed by atoms with Crippen LogP contribution in [0.15, 0.2) is 64.0 Å². The molecule has 2 aliphatic rings. The van der Waals surface area contributed by atoms with Crippen molar-refractivity contribution in [2.24, 2.45) is 0 Å². The lowest BCUT2D eigenvalue weighted by molar-refractivity contribution is 0.00803. The van der Waals surface area contributed by atoms with E-state index >= 15 is 0 Å². The van der Waals surface area contributed by atoms with Crippen LogP contribution < -0.4 is 14.9 Å². The molecule has 5 nitrogen and oxygen atoms in total. The standard InChI is InChI=1S/C22H17ClO5/c1-25-14-5-2-12(3-6-14)10-18-20-15(8-9-26-20)21-22(28-18)19(24)16-11-13(23)4-7-17(16)27-21/h2-9,11,15,18,20H,10H2,1H3/t15-,18-,20+/m1/s1. The van der Waals surface area contributed by atoms with Crippen LogP contribution in [0.25, 0.3) is 11.0 Å². The van der Waals surface area contributed by atoms with Crippen LogP contribution >= 0.6 is 11.6 Å².